The summed E-state index contributed by atoms with van der Waals surface area (Å²) in [6.07, 6.45) is -0.659. The smallest absolute Gasteiger partial charge is 0.322 e. The van der Waals surface area contributed by atoms with Crippen molar-refractivity contribution in [3.8, 4) is 10.4 Å². The first-order valence-electron chi connectivity index (χ1n) is 10.1. The topological polar surface area (TPSA) is 201 Å². The van der Waals surface area contributed by atoms with E-state index in [-0.39, 0.29) is 29.7 Å². The zero-order valence-corrected chi connectivity index (χ0v) is 21.1. The average Bonchev–Trinajstić information content (AvgIpc) is 3.09. The third-order valence-corrected chi connectivity index (χ3v) is 7.94. The lowest BCUT2D eigenvalue weighted by molar-refractivity contribution is -0.136. The zero-order chi connectivity index (χ0) is 24.8. The molecule has 0 bridgehead atoms. The number of unbranched alkanes of at least 4 members (excludes halogenated alkanes) is 1. The van der Waals surface area contributed by atoms with E-state index < -0.39 is 39.6 Å². The van der Waals surface area contributed by atoms with Gasteiger partial charge in [-0.15, -0.1) is 12.4 Å². The van der Waals surface area contributed by atoms with Crippen LogP contribution in [-0.2, 0) is 14.6 Å². The molecule has 2 atom stereocenters. The monoisotopic (exact) mass is 532 g/mol. The molecule has 2 aromatic rings. The van der Waals surface area contributed by atoms with Crippen LogP contribution in [-0.4, -0.2) is 53.5 Å². The fourth-order valence-electron chi connectivity index (χ4n) is 3.06. The molecule has 2 rings (SSSR count). The third kappa shape index (κ3) is 7.94. The number of rotatable bonds is 11. The van der Waals surface area contributed by atoms with E-state index in [0.717, 1.165) is 4.88 Å². The van der Waals surface area contributed by atoms with Gasteiger partial charge in [-0.3, -0.25) is 15.0 Å². The molecule has 11 nitrogen and oxygen atoms in total. The normalized spacial score (nSPS) is 12.8. The molecule has 2 unspecified atom stereocenters. The lowest BCUT2D eigenvalue weighted by atomic mass is 10.1. The number of aromatic nitrogens is 1. The molecule has 34 heavy (non-hydrogen) atoms. The van der Waals surface area contributed by atoms with Crippen LogP contribution in [0, 0.1) is 12.3 Å². The SMILES string of the molecule is CCCCS(=O)(=O)C(CC(N)NC(=O)c1cccc(-c2sc(NC(=N)N)nc2C)c1)C(=O)O.Cl. The number of hydrogen-bond donors (Lipinski definition) is 6. The van der Waals surface area contributed by atoms with E-state index in [1.54, 1.807) is 38.1 Å². The van der Waals surface area contributed by atoms with Crippen LogP contribution < -0.4 is 22.1 Å². The molecular weight excluding hydrogens is 504 g/mol. The summed E-state index contributed by atoms with van der Waals surface area (Å²) in [6, 6.07) is 6.63. The van der Waals surface area contributed by atoms with Gasteiger partial charge in [0.15, 0.2) is 26.2 Å². The lowest BCUT2D eigenvalue weighted by Crippen LogP contribution is -2.47. The molecule has 0 saturated heterocycles. The van der Waals surface area contributed by atoms with Crippen molar-refractivity contribution in [2.45, 2.75) is 44.5 Å². The van der Waals surface area contributed by atoms with Crippen molar-refractivity contribution in [2.75, 3.05) is 11.1 Å². The van der Waals surface area contributed by atoms with Gasteiger partial charge in [-0.25, -0.2) is 13.4 Å². The summed E-state index contributed by atoms with van der Waals surface area (Å²) in [5, 5.41) is 20.5. The number of aliphatic carboxylic acids is 1. The first-order chi connectivity index (χ1) is 15.4. The van der Waals surface area contributed by atoms with Gasteiger partial charge in [-0.2, -0.15) is 0 Å². The summed E-state index contributed by atoms with van der Waals surface area (Å²) in [5.74, 6) is -2.55. The number of carbonyl (C=O) groups excluding carboxylic acids is 1. The Morgan fingerprint density at radius 1 is 1.32 bits per heavy atom. The van der Waals surface area contributed by atoms with Crippen molar-refractivity contribution in [3.05, 3.63) is 35.5 Å². The number of benzene rings is 1. The highest BCUT2D eigenvalue weighted by Gasteiger charge is 2.34. The number of carboxylic acids is 1. The maximum absolute atomic E-state index is 12.7. The Balaban J connectivity index is 0.00000578. The van der Waals surface area contributed by atoms with Gasteiger partial charge >= 0.3 is 5.97 Å². The standard InChI is InChI=1S/C20H28N6O5S2.ClH/c1-3-4-8-33(30,31)14(18(28)29)10-15(21)25-17(27)13-7-5-6-12(9-13)16-11(2)24-20(32-16)26-19(22)23;/h5-7,9,14-15H,3-4,8,10,21H2,1-2H3,(H,25,27)(H,28,29)(H4,22,23,24,26);1H. The average molecular weight is 533 g/mol. The van der Waals surface area contributed by atoms with Crippen molar-refractivity contribution in [1.29, 1.82) is 5.41 Å². The highest BCUT2D eigenvalue weighted by atomic mass is 35.5. The minimum absolute atomic E-state index is 0. The molecule has 1 aromatic heterocycles. The predicted octanol–water partition coefficient (Wildman–Crippen LogP) is 1.92. The molecule has 0 saturated carbocycles. The second-order valence-corrected chi connectivity index (χ2v) is 10.7. The van der Waals surface area contributed by atoms with Crippen molar-refractivity contribution in [2.24, 2.45) is 11.5 Å². The van der Waals surface area contributed by atoms with Gasteiger partial charge in [-0.1, -0.05) is 36.8 Å². The molecule has 14 heteroatoms. The van der Waals surface area contributed by atoms with Crippen LogP contribution in [0.4, 0.5) is 5.13 Å². The lowest BCUT2D eigenvalue weighted by Gasteiger charge is -2.19. The Morgan fingerprint density at radius 2 is 2.00 bits per heavy atom. The van der Waals surface area contributed by atoms with Crippen LogP contribution in [0.1, 0.15) is 42.2 Å². The number of carboxylic acid groups (broad SMARTS) is 1. The molecule has 1 amide bonds. The molecule has 0 fully saturated rings. The maximum atomic E-state index is 12.7. The Morgan fingerprint density at radius 3 is 2.59 bits per heavy atom. The third-order valence-electron chi connectivity index (χ3n) is 4.70. The van der Waals surface area contributed by atoms with Crippen molar-refractivity contribution in [3.63, 3.8) is 0 Å². The molecule has 1 heterocycles. The fraction of sp³-hybridized carbons (Fsp3) is 0.400. The Hall–Kier alpha value is -2.74. The number of guanidine groups is 1. The molecular formula is C20H29ClN6O5S2. The van der Waals surface area contributed by atoms with Gasteiger partial charge < -0.3 is 27.2 Å². The maximum Gasteiger partial charge on any atom is 0.322 e. The van der Waals surface area contributed by atoms with Crippen LogP contribution in [0.15, 0.2) is 24.3 Å². The van der Waals surface area contributed by atoms with E-state index in [1.165, 1.54) is 11.3 Å². The summed E-state index contributed by atoms with van der Waals surface area (Å²) in [7, 11) is -3.90. The number of aryl methyl sites for hydroxylation is 1. The minimum atomic E-state index is -3.90. The summed E-state index contributed by atoms with van der Waals surface area (Å²) >= 11 is 1.26. The quantitative estimate of drug-likeness (QED) is 0.142. The molecule has 8 N–H and O–H groups in total. The van der Waals surface area contributed by atoms with Gasteiger partial charge in [0.25, 0.3) is 5.91 Å². The van der Waals surface area contributed by atoms with Gasteiger partial charge in [0, 0.05) is 12.0 Å². The number of nitrogens with zero attached hydrogens (tertiary/aromatic N) is 1. The van der Waals surface area contributed by atoms with E-state index in [0.29, 0.717) is 29.2 Å². The number of halogens is 1. The number of carbonyl (C=O) groups is 2. The van der Waals surface area contributed by atoms with Crippen LogP contribution in [0.5, 0.6) is 0 Å². The van der Waals surface area contributed by atoms with Gasteiger partial charge in [0.2, 0.25) is 0 Å². The molecule has 188 valence electrons. The molecule has 0 aliphatic rings. The second-order valence-electron chi connectivity index (χ2n) is 7.42. The Kier molecular flexibility index (Phi) is 10.9. The summed E-state index contributed by atoms with van der Waals surface area (Å²) in [6.45, 7) is 3.59. The summed E-state index contributed by atoms with van der Waals surface area (Å²) in [5.41, 5.74) is 12.9. The Bertz CT molecular complexity index is 1140. The number of amides is 1. The van der Waals surface area contributed by atoms with Crippen molar-refractivity contribution in [1.82, 2.24) is 10.3 Å². The number of hydrogen-bond acceptors (Lipinski definition) is 8. The molecule has 1 aromatic carbocycles. The number of nitrogens with two attached hydrogens (primary N) is 2. The second kappa shape index (κ2) is 12.6. The highest BCUT2D eigenvalue weighted by Crippen LogP contribution is 2.33. The molecule has 0 spiro atoms. The van der Waals surface area contributed by atoms with Crippen LogP contribution in [0.2, 0.25) is 0 Å². The number of nitrogens with one attached hydrogen (secondary N) is 3. The first-order valence-corrected chi connectivity index (χ1v) is 12.7. The van der Waals surface area contributed by atoms with Crippen LogP contribution >= 0.6 is 23.7 Å². The van der Waals surface area contributed by atoms with Crippen LogP contribution in [0.3, 0.4) is 0 Å². The van der Waals surface area contributed by atoms with E-state index in [1.807, 2.05) is 0 Å². The minimum Gasteiger partial charge on any atom is -0.480 e. The van der Waals surface area contributed by atoms with E-state index in [4.69, 9.17) is 16.9 Å². The van der Waals surface area contributed by atoms with Gasteiger partial charge in [0.1, 0.15) is 0 Å². The van der Waals surface area contributed by atoms with Crippen LogP contribution in [0.25, 0.3) is 10.4 Å². The largest absolute Gasteiger partial charge is 0.480 e. The molecule has 0 aliphatic heterocycles. The highest BCUT2D eigenvalue weighted by molar-refractivity contribution is 7.92. The fourth-order valence-corrected chi connectivity index (χ4v) is 5.82. The van der Waals surface area contributed by atoms with Gasteiger partial charge in [0.05, 0.1) is 22.5 Å². The summed E-state index contributed by atoms with van der Waals surface area (Å²) in [4.78, 5) is 29.3. The zero-order valence-electron chi connectivity index (χ0n) is 18.7. The van der Waals surface area contributed by atoms with E-state index >= 15 is 0 Å². The molecule has 0 aliphatic carbocycles. The van der Waals surface area contributed by atoms with Crippen molar-refractivity contribution < 1.29 is 23.1 Å². The first kappa shape index (κ1) is 29.3. The predicted molar refractivity (Wildman–Crippen MR) is 135 cm³/mol. The Labute approximate surface area is 208 Å². The van der Waals surface area contributed by atoms with Gasteiger partial charge in [-0.05, 0) is 31.0 Å². The summed E-state index contributed by atoms with van der Waals surface area (Å²) < 4.78 is 24.7. The molecule has 0 radical (unpaired) electrons. The number of anilines is 1. The van der Waals surface area contributed by atoms with E-state index in [2.05, 4.69) is 15.6 Å². The van der Waals surface area contributed by atoms with E-state index in [9.17, 15) is 23.1 Å². The number of sulfone groups is 1. The van der Waals surface area contributed by atoms with Crippen molar-refractivity contribution >= 4 is 56.5 Å². The number of thiazole rings is 1.